The predicted molar refractivity (Wildman–Crippen MR) is 70.9 cm³/mol. The van der Waals surface area contributed by atoms with E-state index >= 15 is 0 Å². The first-order valence-electron chi connectivity index (χ1n) is 5.29. The Morgan fingerprint density at radius 2 is 1.94 bits per heavy atom. The molecule has 0 aliphatic rings. The number of para-hydroxylation sites is 2. The Bertz CT molecular complexity index is 706. The minimum Gasteiger partial charge on any atom is -0.506 e. The van der Waals surface area contributed by atoms with Crippen molar-refractivity contribution in [3.63, 3.8) is 0 Å². The molecule has 90 valence electrons. The second-order valence-corrected chi connectivity index (χ2v) is 4.65. The summed E-state index contributed by atoms with van der Waals surface area (Å²) in [4.78, 5) is 7.44. The number of fused-ring (bicyclic) bond motifs is 1. The maximum Gasteiger partial charge on any atom is 0.143 e. The highest BCUT2D eigenvalue weighted by Crippen LogP contribution is 2.36. The van der Waals surface area contributed by atoms with E-state index in [4.69, 9.17) is 0 Å². The van der Waals surface area contributed by atoms with E-state index in [1.165, 1.54) is 12.1 Å². The van der Waals surface area contributed by atoms with Crippen LogP contribution in [0, 0.1) is 5.82 Å². The van der Waals surface area contributed by atoms with Gasteiger partial charge in [-0.25, -0.2) is 9.37 Å². The van der Waals surface area contributed by atoms with E-state index in [-0.39, 0.29) is 10.2 Å². The normalized spacial score (nSPS) is 11.0. The van der Waals surface area contributed by atoms with Gasteiger partial charge in [-0.05, 0) is 40.2 Å². The van der Waals surface area contributed by atoms with Gasteiger partial charge in [0, 0.05) is 0 Å². The highest BCUT2D eigenvalue weighted by atomic mass is 79.9. The number of nitrogens with zero attached hydrogens (tertiary/aromatic N) is 1. The Morgan fingerprint density at radius 3 is 2.72 bits per heavy atom. The molecular weight excluding hydrogens is 299 g/mol. The van der Waals surface area contributed by atoms with Crippen molar-refractivity contribution < 1.29 is 9.50 Å². The minimum absolute atomic E-state index is 0.0421. The van der Waals surface area contributed by atoms with E-state index in [1.54, 1.807) is 0 Å². The molecule has 0 bridgehead atoms. The Kier molecular flexibility index (Phi) is 2.56. The van der Waals surface area contributed by atoms with Crippen molar-refractivity contribution in [1.82, 2.24) is 9.97 Å². The fourth-order valence-electron chi connectivity index (χ4n) is 1.81. The molecule has 2 aromatic carbocycles. The van der Waals surface area contributed by atoms with Gasteiger partial charge in [0.1, 0.15) is 17.4 Å². The van der Waals surface area contributed by atoms with Crippen LogP contribution >= 0.6 is 15.9 Å². The Labute approximate surface area is 110 Å². The van der Waals surface area contributed by atoms with E-state index in [0.717, 1.165) is 11.0 Å². The number of aromatic nitrogens is 2. The van der Waals surface area contributed by atoms with Crippen LogP contribution < -0.4 is 0 Å². The third kappa shape index (κ3) is 1.67. The Hall–Kier alpha value is -1.88. The fourth-order valence-corrected chi connectivity index (χ4v) is 2.16. The summed E-state index contributed by atoms with van der Waals surface area (Å²) in [7, 11) is 0. The fraction of sp³-hybridized carbons (Fsp3) is 0. The van der Waals surface area contributed by atoms with Crippen LogP contribution in [0.2, 0.25) is 0 Å². The number of phenols is 1. The summed E-state index contributed by atoms with van der Waals surface area (Å²) in [5, 5.41) is 9.91. The molecule has 3 rings (SSSR count). The van der Waals surface area contributed by atoms with Gasteiger partial charge in [-0.2, -0.15) is 0 Å². The number of hydrogen-bond acceptors (Lipinski definition) is 2. The van der Waals surface area contributed by atoms with Gasteiger partial charge < -0.3 is 10.1 Å². The van der Waals surface area contributed by atoms with Crippen LogP contribution in [0.4, 0.5) is 4.39 Å². The molecule has 0 spiro atoms. The van der Waals surface area contributed by atoms with Crippen molar-refractivity contribution in [2.75, 3.05) is 0 Å². The SMILES string of the molecule is Oc1c(-c2nc3ccccc3[nH]2)ccc(F)c1Br. The molecule has 3 aromatic rings. The molecule has 18 heavy (non-hydrogen) atoms. The number of halogens is 2. The lowest BCUT2D eigenvalue weighted by molar-refractivity contribution is 0.466. The molecule has 0 aliphatic carbocycles. The minimum atomic E-state index is -0.507. The zero-order valence-electron chi connectivity index (χ0n) is 9.11. The lowest BCUT2D eigenvalue weighted by Gasteiger charge is -2.03. The van der Waals surface area contributed by atoms with Crippen LogP contribution in [0.15, 0.2) is 40.9 Å². The van der Waals surface area contributed by atoms with Gasteiger partial charge in [-0.3, -0.25) is 0 Å². The molecule has 1 heterocycles. The van der Waals surface area contributed by atoms with Gasteiger partial charge in [-0.15, -0.1) is 0 Å². The number of phenolic OH excluding ortho intramolecular Hbond substituents is 1. The van der Waals surface area contributed by atoms with Crippen molar-refractivity contribution in [1.29, 1.82) is 0 Å². The average molecular weight is 307 g/mol. The second kappa shape index (κ2) is 4.10. The maximum atomic E-state index is 13.2. The van der Waals surface area contributed by atoms with Gasteiger partial charge in [0.25, 0.3) is 0 Å². The molecule has 0 saturated heterocycles. The zero-order chi connectivity index (χ0) is 12.7. The molecular formula is C13H8BrFN2O. The van der Waals surface area contributed by atoms with Crippen LogP contribution in [0.1, 0.15) is 0 Å². The third-order valence-electron chi connectivity index (χ3n) is 2.71. The standard InChI is InChI=1S/C13H8BrFN2O/c14-11-8(15)6-5-7(12(11)18)13-16-9-3-1-2-4-10(9)17-13/h1-6,18H,(H,16,17). The van der Waals surface area contributed by atoms with Crippen molar-refractivity contribution >= 4 is 27.0 Å². The number of aromatic hydroxyl groups is 1. The number of imidazole rings is 1. The van der Waals surface area contributed by atoms with Crippen LogP contribution in [0.3, 0.4) is 0 Å². The third-order valence-corrected chi connectivity index (χ3v) is 3.47. The molecule has 3 nitrogen and oxygen atoms in total. The molecule has 0 aliphatic heterocycles. The summed E-state index contributed by atoms with van der Waals surface area (Å²) in [6, 6.07) is 10.3. The number of rotatable bonds is 1. The molecule has 0 unspecified atom stereocenters. The lowest BCUT2D eigenvalue weighted by atomic mass is 10.2. The van der Waals surface area contributed by atoms with Gasteiger partial charge in [0.15, 0.2) is 0 Å². The van der Waals surface area contributed by atoms with Gasteiger partial charge in [-0.1, -0.05) is 12.1 Å². The molecule has 0 fully saturated rings. The van der Waals surface area contributed by atoms with Gasteiger partial charge >= 0.3 is 0 Å². The summed E-state index contributed by atoms with van der Waals surface area (Å²) in [6.45, 7) is 0. The second-order valence-electron chi connectivity index (χ2n) is 3.86. The first-order valence-corrected chi connectivity index (χ1v) is 6.08. The highest BCUT2D eigenvalue weighted by molar-refractivity contribution is 9.10. The smallest absolute Gasteiger partial charge is 0.143 e. The van der Waals surface area contributed by atoms with E-state index in [2.05, 4.69) is 25.9 Å². The molecule has 0 amide bonds. The average Bonchev–Trinajstić information content (AvgIpc) is 2.79. The molecule has 0 radical (unpaired) electrons. The Balaban J connectivity index is 2.23. The van der Waals surface area contributed by atoms with Crippen molar-refractivity contribution in [3.8, 4) is 17.1 Å². The van der Waals surface area contributed by atoms with Crippen molar-refractivity contribution in [2.24, 2.45) is 0 Å². The number of hydrogen-bond donors (Lipinski definition) is 2. The molecule has 0 saturated carbocycles. The number of H-pyrrole nitrogens is 1. The van der Waals surface area contributed by atoms with E-state index in [1.807, 2.05) is 24.3 Å². The van der Waals surface area contributed by atoms with Crippen molar-refractivity contribution in [2.45, 2.75) is 0 Å². The number of aromatic amines is 1. The van der Waals surface area contributed by atoms with E-state index < -0.39 is 5.82 Å². The summed E-state index contributed by atoms with van der Waals surface area (Å²) in [5.41, 5.74) is 2.12. The largest absolute Gasteiger partial charge is 0.506 e. The molecule has 2 N–H and O–H groups in total. The summed E-state index contributed by atoms with van der Waals surface area (Å²) in [6.07, 6.45) is 0. The van der Waals surface area contributed by atoms with E-state index in [0.29, 0.717) is 11.4 Å². The first kappa shape index (κ1) is 11.2. The highest BCUT2D eigenvalue weighted by Gasteiger charge is 2.14. The number of nitrogens with one attached hydrogen (secondary N) is 1. The van der Waals surface area contributed by atoms with Crippen LogP contribution in [0.5, 0.6) is 5.75 Å². The summed E-state index contributed by atoms with van der Waals surface area (Å²) >= 11 is 3.00. The van der Waals surface area contributed by atoms with Gasteiger partial charge in [0.2, 0.25) is 0 Å². The summed E-state index contributed by atoms with van der Waals surface area (Å²) < 4.78 is 13.3. The topological polar surface area (TPSA) is 48.9 Å². The molecule has 0 atom stereocenters. The lowest BCUT2D eigenvalue weighted by Crippen LogP contribution is -1.85. The predicted octanol–water partition coefficient (Wildman–Crippen LogP) is 3.84. The molecule has 5 heteroatoms. The zero-order valence-corrected chi connectivity index (χ0v) is 10.7. The van der Waals surface area contributed by atoms with Gasteiger partial charge in [0.05, 0.1) is 21.1 Å². The maximum absolute atomic E-state index is 13.2. The van der Waals surface area contributed by atoms with Crippen LogP contribution in [-0.4, -0.2) is 15.1 Å². The number of benzene rings is 2. The van der Waals surface area contributed by atoms with Crippen LogP contribution in [-0.2, 0) is 0 Å². The first-order chi connectivity index (χ1) is 8.66. The quantitative estimate of drug-likeness (QED) is 0.717. The van der Waals surface area contributed by atoms with Crippen LogP contribution in [0.25, 0.3) is 22.4 Å². The Morgan fingerprint density at radius 1 is 1.17 bits per heavy atom. The molecule has 1 aromatic heterocycles. The van der Waals surface area contributed by atoms with Crippen molar-refractivity contribution in [3.05, 3.63) is 46.7 Å². The monoisotopic (exact) mass is 306 g/mol. The van der Waals surface area contributed by atoms with E-state index in [9.17, 15) is 9.50 Å². The summed E-state index contributed by atoms with van der Waals surface area (Å²) in [5.74, 6) is -0.157.